The fourth-order valence-electron chi connectivity index (χ4n) is 4.18. The molecule has 2 unspecified atom stereocenters. The van der Waals surface area contributed by atoms with Crippen molar-refractivity contribution in [3.8, 4) is 0 Å². The molecule has 29 heavy (non-hydrogen) atoms. The van der Waals surface area contributed by atoms with Crippen LogP contribution in [-0.4, -0.2) is 62.8 Å². The fourth-order valence-corrected chi connectivity index (χ4v) is 4.18. The monoisotopic (exact) mass is 514 g/mol. The second-order valence-electron chi connectivity index (χ2n) is 8.48. The molecule has 2 saturated heterocycles. The highest BCUT2D eigenvalue weighted by Gasteiger charge is 2.24. The minimum Gasteiger partial charge on any atom is -0.381 e. The quantitative estimate of drug-likeness (QED) is 0.331. The third-order valence-electron chi connectivity index (χ3n) is 5.95. The predicted octanol–water partition coefficient (Wildman–Crippen LogP) is 3.77. The largest absolute Gasteiger partial charge is 0.381 e. The number of likely N-dealkylation sites (tertiary alicyclic amines) is 1. The van der Waals surface area contributed by atoms with Crippen molar-refractivity contribution in [2.24, 2.45) is 10.9 Å². The molecule has 0 aliphatic carbocycles. The van der Waals surface area contributed by atoms with Crippen LogP contribution >= 0.6 is 24.0 Å². The Morgan fingerprint density at radius 1 is 1.28 bits per heavy atom. The molecule has 0 aromatic heterocycles. The zero-order valence-corrected chi connectivity index (χ0v) is 20.7. The number of aliphatic imine (C=N–C) groups is 1. The summed E-state index contributed by atoms with van der Waals surface area (Å²) in [7, 11) is 0. The van der Waals surface area contributed by atoms with Crippen LogP contribution < -0.4 is 10.6 Å². The van der Waals surface area contributed by atoms with Crippen LogP contribution in [0, 0.1) is 12.8 Å². The van der Waals surface area contributed by atoms with Crippen LogP contribution in [0.25, 0.3) is 0 Å². The Bertz CT molecular complexity index is 625. The molecule has 2 atom stereocenters. The molecule has 5 nitrogen and oxygen atoms in total. The number of ether oxygens (including phenoxy) is 1. The van der Waals surface area contributed by atoms with Crippen molar-refractivity contribution in [2.75, 3.05) is 45.9 Å². The van der Waals surface area contributed by atoms with Gasteiger partial charge >= 0.3 is 0 Å². The topological polar surface area (TPSA) is 48.9 Å². The van der Waals surface area contributed by atoms with Gasteiger partial charge in [0.15, 0.2) is 5.96 Å². The molecule has 2 aliphatic rings. The normalized spacial score (nSPS) is 22.2. The Labute approximate surface area is 194 Å². The van der Waals surface area contributed by atoms with Crippen LogP contribution in [0.4, 0.5) is 0 Å². The summed E-state index contributed by atoms with van der Waals surface area (Å²) in [6.07, 6.45) is 3.60. The molecular formula is C23H39IN4O. The highest BCUT2D eigenvalue weighted by Crippen LogP contribution is 2.18. The van der Waals surface area contributed by atoms with Gasteiger partial charge in [-0.15, -0.1) is 24.0 Å². The average Bonchev–Trinajstić information content (AvgIpc) is 3.20. The van der Waals surface area contributed by atoms with Crippen LogP contribution in [0.15, 0.2) is 29.3 Å². The van der Waals surface area contributed by atoms with Crippen LogP contribution in [0.3, 0.4) is 0 Å². The van der Waals surface area contributed by atoms with Gasteiger partial charge in [-0.3, -0.25) is 4.99 Å². The fraction of sp³-hybridized carbons (Fsp3) is 0.696. The second-order valence-corrected chi connectivity index (χ2v) is 8.48. The van der Waals surface area contributed by atoms with Gasteiger partial charge in [0.05, 0.1) is 6.61 Å². The van der Waals surface area contributed by atoms with Crippen molar-refractivity contribution in [1.82, 2.24) is 15.5 Å². The summed E-state index contributed by atoms with van der Waals surface area (Å²) in [5.74, 6) is 2.13. The number of guanidine groups is 1. The first-order valence-electron chi connectivity index (χ1n) is 11.1. The van der Waals surface area contributed by atoms with E-state index in [1.165, 1.54) is 50.0 Å². The minimum atomic E-state index is 0. The summed E-state index contributed by atoms with van der Waals surface area (Å²) >= 11 is 0. The van der Waals surface area contributed by atoms with Crippen LogP contribution in [0.1, 0.15) is 50.2 Å². The van der Waals surface area contributed by atoms with Crippen molar-refractivity contribution in [3.63, 3.8) is 0 Å². The van der Waals surface area contributed by atoms with Gasteiger partial charge in [-0.25, -0.2) is 0 Å². The lowest BCUT2D eigenvalue weighted by atomic mass is 10.00. The zero-order chi connectivity index (χ0) is 19.8. The van der Waals surface area contributed by atoms with Gasteiger partial charge in [0.1, 0.15) is 0 Å². The number of nitrogens with one attached hydrogen (secondary N) is 2. The first kappa shape index (κ1) is 24.4. The number of hydrogen-bond acceptors (Lipinski definition) is 3. The van der Waals surface area contributed by atoms with E-state index in [0.717, 1.165) is 38.2 Å². The summed E-state index contributed by atoms with van der Waals surface area (Å²) in [6.45, 7) is 13.7. The third kappa shape index (κ3) is 8.06. The summed E-state index contributed by atoms with van der Waals surface area (Å²) < 4.78 is 5.52. The van der Waals surface area contributed by atoms with Crippen molar-refractivity contribution in [2.45, 2.75) is 52.0 Å². The van der Waals surface area contributed by atoms with E-state index in [1.54, 1.807) is 0 Å². The predicted molar refractivity (Wildman–Crippen MR) is 133 cm³/mol. The van der Waals surface area contributed by atoms with Crippen molar-refractivity contribution in [3.05, 3.63) is 35.4 Å². The van der Waals surface area contributed by atoms with Gasteiger partial charge in [-0.2, -0.15) is 0 Å². The molecule has 0 amide bonds. The Kier molecular flexibility index (Phi) is 10.7. The molecule has 2 fully saturated rings. The second kappa shape index (κ2) is 12.7. The number of benzene rings is 1. The van der Waals surface area contributed by atoms with E-state index >= 15 is 0 Å². The minimum absolute atomic E-state index is 0. The Hall–Kier alpha value is -0.860. The van der Waals surface area contributed by atoms with E-state index in [-0.39, 0.29) is 24.0 Å². The molecule has 164 valence electrons. The molecule has 2 aliphatic heterocycles. The highest BCUT2D eigenvalue weighted by molar-refractivity contribution is 14.0. The summed E-state index contributed by atoms with van der Waals surface area (Å²) in [5, 5.41) is 7.10. The number of piperidine rings is 1. The van der Waals surface area contributed by atoms with E-state index < -0.39 is 0 Å². The Morgan fingerprint density at radius 2 is 2.07 bits per heavy atom. The first-order valence-corrected chi connectivity index (χ1v) is 11.1. The molecule has 2 heterocycles. The lowest BCUT2D eigenvalue weighted by Crippen LogP contribution is -2.49. The molecule has 0 spiro atoms. The highest BCUT2D eigenvalue weighted by atomic mass is 127. The van der Waals surface area contributed by atoms with E-state index in [4.69, 9.17) is 9.73 Å². The Morgan fingerprint density at radius 3 is 2.72 bits per heavy atom. The maximum absolute atomic E-state index is 5.52. The van der Waals surface area contributed by atoms with Crippen molar-refractivity contribution in [1.29, 1.82) is 0 Å². The molecule has 0 radical (unpaired) electrons. The molecule has 1 aromatic carbocycles. The molecule has 0 saturated carbocycles. The number of aryl methyl sites for hydroxylation is 1. The van der Waals surface area contributed by atoms with Crippen molar-refractivity contribution >= 4 is 29.9 Å². The van der Waals surface area contributed by atoms with Gasteiger partial charge in [0.2, 0.25) is 0 Å². The maximum atomic E-state index is 5.52. The van der Waals surface area contributed by atoms with Gasteiger partial charge in [0, 0.05) is 51.3 Å². The lowest BCUT2D eigenvalue weighted by molar-refractivity contribution is 0.150. The lowest BCUT2D eigenvalue weighted by Gasteiger charge is -2.34. The molecule has 1 aromatic rings. The van der Waals surface area contributed by atoms with Crippen LogP contribution in [0.2, 0.25) is 0 Å². The molecule has 6 heteroatoms. The van der Waals surface area contributed by atoms with Gasteiger partial charge in [-0.1, -0.05) is 36.8 Å². The SMILES string of the molecule is CCNC(=NCC(C)c1cccc(C)c1)NC1CCN(CC2CCOC2)CC1.I. The van der Waals surface area contributed by atoms with E-state index in [0.29, 0.717) is 12.0 Å². The molecule has 2 N–H and O–H groups in total. The van der Waals surface area contributed by atoms with Crippen LogP contribution in [0.5, 0.6) is 0 Å². The van der Waals surface area contributed by atoms with Crippen molar-refractivity contribution < 1.29 is 4.74 Å². The third-order valence-corrected chi connectivity index (χ3v) is 5.95. The van der Waals surface area contributed by atoms with Gasteiger partial charge in [-0.05, 0) is 44.6 Å². The van der Waals surface area contributed by atoms with Gasteiger partial charge in [0.25, 0.3) is 0 Å². The van der Waals surface area contributed by atoms with Gasteiger partial charge < -0.3 is 20.3 Å². The maximum Gasteiger partial charge on any atom is 0.191 e. The molecule has 3 rings (SSSR count). The number of halogens is 1. The molecule has 0 bridgehead atoms. The summed E-state index contributed by atoms with van der Waals surface area (Å²) in [6, 6.07) is 9.28. The number of rotatable bonds is 7. The first-order chi connectivity index (χ1) is 13.6. The van der Waals surface area contributed by atoms with E-state index in [1.807, 2.05) is 0 Å². The van der Waals surface area contributed by atoms with Crippen LogP contribution in [-0.2, 0) is 4.74 Å². The smallest absolute Gasteiger partial charge is 0.191 e. The number of nitrogens with zero attached hydrogens (tertiary/aromatic N) is 2. The standard InChI is InChI=1S/C23H38N4O.HI/c1-4-24-23(25-15-19(3)21-7-5-6-18(2)14-21)26-22-8-11-27(12-9-22)16-20-10-13-28-17-20;/h5-7,14,19-20,22H,4,8-13,15-17H2,1-3H3,(H2,24,25,26);1H. The summed E-state index contributed by atoms with van der Waals surface area (Å²) in [5.41, 5.74) is 2.68. The number of hydrogen-bond donors (Lipinski definition) is 2. The average molecular weight is 514 g/mol. The zero-order valence-electron chi connectivity index (χ0n) is 18.3. The van der Waals surface area contributed by atoms with E-state index in [2.05, 4.69) is 60.6 Å². The Balaban J connectivity index is 0.00000300. The summed E-state index contributed by atoms with van der Waals surface area (Å²) in [4.78, 5) is 7.49. The molecular weight excluding hydrogens is 475 g/mol. The van der Waals surface area contributed by atoms with E-state index in [9.17, 15) is 0 Å².